The second kappa shape index (κ2) is 12.4. The van der Waals surface area contributed by atoms with Crippen molar-refractivity contribution in [1.82, 2.24) is 4.90 Å². The van der Waals surface area contributed by atoms with Crippen LogP contribution in [0.25, 0.3) is 6.08 Å². The fourth-order valence-corrected chi connectivity index (χ4v) is 5.68. The number of nitrogens with one attached hydrogen (secondary N) is 2. The van der Waals surface area contributed by atoms with Crippen LogP contribution >= 0.6 is 23.4 Å². The molecule has 1 heterocycles. The smallest absolute Gasteiger partial charge is 0.380 e. The van der Waals surface area contributed by atoms with Crippen LogP contribution in [0.4, 0.5) is 23.7 Å². The van der Waals surface area contributed by atoms with E-state index in [1.54, 1.807) is 30.5 Å². The topological polar surface area (TPSA) is 99.3 Å². The van der Waals surface area contributed by atoms with Crippen LogP contribution in [0, 0.1) is 17.2 Å². The van der Waals surface area contributed by atoms with Crippen molar-refractivity contribution in [3.05, 3.63) is 80.9 Å². The summed E-state index contributed by atoms with van der Waals surface area (Å²) < 4.78 is 40.2. The first kappa shape index (κ1) is 28.9. The van der Waals surface area contributed by atoms with Crippen molar-refractivity contribution >= 4 is 52.5 Å². The number of halogens is 4. The first-order valence-electron chi connectivity index (χ1n) is 12.5. The molecule has 0 atom stereocenters. The molecule has 2 aromatic carbocycles. The van der Waals surface area contributed by atoms with Gasteiger partial charge in [0.2, 0.25) is 0 Å². The molecule has 39 heavy (non-hydrogen) atoms. The Labute approximate surface area is 234 Å². The van der Waals surface area contributed by atoms with Gasteiger partial charge in [0.15, 0.2) is 0 Å². The summed E-state index contributed by atoms with van der Waals surface area (Å²) in [7, 11) is 0. The molecule has 4 rings (SSSR count). The number of nitrogens with zero attached hydrogens (tertiary/aromatic N) is 1. The summed E-state index contributed by atoms with van der Waals surface area (Å²) in [6.45, 7) is 0.549. The van der Waals surface area contributed by atoms with Gasteiger partial charge in [0.05, 0.1) is 10.5 Å². The van der Waals surface area contributed by atoms with Crippen molar-refractivity contribution in [2.24, 2.45) is 17.6 Å². The maximum atomic E-state index is 13.4. The van der Waals surface area contributed by atoms with Crippen molar-refractivity contribution in [2.75, 3.05) is 11.9 Å². The number of carbonyl (C=O) groups is 2. The van der Waals surface area contributed by atoms with E-state index >= 15 is 0 Å². The third-order valence-electron chi connectivity index (χ3n) is 6.93. The third-order valence-corrected chi connectivity index (χ3v) is 8.05. The van der Waals surface area contributed by atoms with Gasteiger partial charge in [0.1, 0.15) is 0 Å². The number of hydrogen-bond acceptors (Lipinski definition) is 6. The number of amides is 2. The zero-order valence-electron chi connectivity index (χ0n) is 20.9. The number of carbonyl (C=O) groups excluding carboxylic acids is 2. The number of thioether (sulfide) groups is 1. The molecule has 0 spiro atoms. The fraction of sp³-hybridized carbons (Fsp3) is 0.321. The molecule has 2 aliphatic rings. The van der Waals surface area contributed by atoms with E-state index in [9.17, 15) is 22.8 Å². The van der Waals surface area contributed by atoms with Crippen molar-refractivity contribution < 1.29 is 22.8 Å². The van der Waals surface area contributed by atoms with Gasteiger partial charge >= 0.3 is 6.18 Å². The van der Waals surface area contributed by atoms with Gasteiger partial charge in [-0.3, -0.25) is 9.59 Å². The monoisotopic (exact) mass is 576 g/mol. The maximum Gasteiger partial charge on any atom is 0.416 e. The molecule has 0 radical (unpaired) electrons. The lowest BCUT2D eigenvalue weighted by Gasteiger charge is -2.25. The van der Waals surface area contributed by atoms with Gasteiger partial charge in [-0.1, -0.05) is 29.8 Å². The summed E-state index contributed by atoms with van der Waals surface area (Å²) in [5, 5.41) is 10.3. The standard InChI is InChI=1S/C28H28ClF3N4O2S/c29-22-7-6-20(23(13-22)28(30,31)32)16-35-24-8-5-19(11-21(24)15-34)12-25-26(37)36(27(38)39-25)10-9-17-1-3-18(14-33)4-2-17/h5-13,15,17-18,34-35H,1-4,14,16,33H2/b10-9+,25-12-,34-15?. The van der Waals surface area contributed by atoms with Gasteiger partial charge in [-0.05, 0) is 97.3 Å². The molecule has 2 aromatic rings. The van der Waals surface area contributed by atoms with Crippen LogP contribution in [0.2, 0.25) is 5.02 Å². The van der Waals surface area contributed by atoms with E-state index in [0.29, 0.717) is 35.2 Å². The molecule has 2 amide bonds. The van der Waals surface area contributed by atoms with E-state index in [1.165, 1.54) is 12.1 Å². The van der Waals surface area contributed by atoms with Crippen molar-refractivity contribution in [2.45, 2.75) is 38.4 Å². The number of benzene rings is 2. The Kier molecular flexibility index (Phi) is 9.19. The lowest BCUT2D eigenvalue weighted by molar-refractivity contribution is -0.138. The highest BCUT2D eigenvalue weighted by molar-refractivity contribution is 8.18. The van der Waals surface area contributed by atoms with Gasteiger partial charge in [0.25, 0.3) is 11.1 Å². The summed E-state index contributed by atoms with van der Waals surface area (Å²) in [6, 6.07) is 8.50. The number of allylic oxidation sites excluding steroid dienone is 1. The van der Waals surface area contributed by atoms with Crippen LogP contribution in [0.5, 0.6) is 0 Å². The Bertz CT molecular complexity index is 1320. The molecule has 1 aliphatic carbocycles. The Hall–Kier alpha value is -3.08. The molecule has 206 valence electrons. The molecule has 6 nitrogen and oxygen atoms in total. The average molecular weight is 577 g/mol. The first-order chi connectivity index (χ1) is 18.6. The third kappa shape index (κ3) is 7.12. The van der Waals surface area contributed by atoms with Gasteiger partial charge < -0.3 is 16.5 Å². The Morgan fingerprint density at radius 1 is 1.13 bits per heavy atom. The molecule has 2 fully saturated rings. The van der Waals surface area contributed by atoms with Crippen LogP contribution in [0.1, 0.15) is 47.9 Å². The fourth-order valence-electron chi connectivity index (χ4n) is 4.69. The van der Waals surface area contributed by atoms with E-state index in [2.05, 4.69) is 5.32 Å². The molecule has 0 unspecified atom stereocenters. The molecule has 0 bridgehead atoms. The van der Waals surface area contributed by atoms with Crippen LogP contribution < -0.4 is 11.1 Å². The average Bonchev–Trinajstić information content (AvgIpc) is 3.18. The normalized spacial score (nSPS) is 21.3. The second-order valence-corrected chi connectivity index (χ2v) is 11.0. The summed E-state index contributed by atoms with van der Waals surface area (Å²) in [6.07, 6.45) is 5.60. The number of anilines is 1. The van der Waals surface area contributed by atoms with Gasteiger partial charge in [0, 0.05) is 35.2 Å². The van der Waals surface area contributed by atoms with E-state index in [-0.39, 0.29) is 27.3 Å². The summed E-state index contributed by atoms with van der Waals surface area (Å²) in [4.78, 5) is 26.8. The van der Waals surface area contributed by atoms with E-state index in [1.807, 2.05) is 6.08 Å². The minimum absolute atomic E-state index is 0.00912. The molecule has 0 aromatic heterocycles. The van der Waals surface area contributed by atoms with E-state index < -0.39 is 17.6 Å². The Morgan fingerprint density at radius 2 is 1.87 bits per heavy atom. The molecule has 1 saturated heterocycles. The van der Waals surface area contributed by atoms with E-state index in [4.69, 9.17) is 22.7 Å². The van der Waals surface area contributed by atoms with Crippen molar-refractivity contribution in [3.8, 4) is 0 Å². The number of hydrogen-bond donors (Lipinski definition) is 3. The van der Waals surface area contributed by atoms with Crippen molar-refractivity contribution in [3.63, 3.8) is 0 Å². The molecular formula is C28H28ClF3N4O2S. The molecule has 1 aliphatic heterocycles. The SMILES string of the molecule is N=Cc1cc(/C=C2\SC(=O)N(/C=C/C3CCC(CN)CC3)C2=O)ccc1NCc1ccc(Cl)cc1C(F)(F)F. The highest BCUT2D eigenvalue weighted by Crippen LogP contribution is 2.36. The summed E-state index contributed by atoms with van der Waals surface area (Å²) in [5.74, 6) is 0.427. The summed E-state index contributed by atoms with van der Waals surface area (Å²) >= 11 is 6.59. The lowest BCUT2D eigenvalue weighted by atomic mass is 9.82. The Balaban J connectivity index is 1.45. The lowest BCUT2D eigenvalue weighted by Crippen LogP contribution is -2.23. The Morgan fingerprint density at radius 3 is 2.54 bits per heavy atom. The first-order valence-corrected chi connectivity index (χ1v) is 13.7. The van der Waals surface area contributed by atoms with Gasteiger partial charge in [-0.25, -0.2) is 4.90 Å². The van der Waals surface area contributed by atoms with Crippen LogP contribution in [-0.2, 0) is 17.5 Å². The van der Waals surface area contributed by atoms with E-state index in [0.717, 1.165) is 54.6 Å². The molecule has 11 heteroatoms. The largest absolute Gasteiger partial charge is 0.416 e. The molecule has 4 N–H and O–H groups in total. The second-order valence-electron chi connectivity index (χ2n) is 9.55. The molecular weight excluding hydrogens is 549 g/mol. The summed E-state index contributed by atoms with van der Waals surface area (Å²) in [5.41, 5.74) is 6.37. The maximum absolute atomic E-state index is 13.4. The zero-order valence-corrected chi connectivity index (χ0v) is 22.5. The van der Waals surface area contributed by atoms with Crippen LogP contribution in [0.3, 0.4) is 0 Å². The van der Waals surface area contributed by atoms with Gasteiger partial charge in [-0.15, -0.1) is 0 Å². The number of nitrogens with two attached hydrogens (primary N) is 1. The predicted octanol–water partition coefficient (Wildman–Crippen LogP) is 7.28. The number of imide groups is 1. The minimum atomic E-state index is -4.56. The van der Waals surface area contributed by atoms with Crippen molar-refractivity contribution in [1.29, 1.82) is 5.41 Å². The highest BCUT2D eigenvalue weighted by atomic mass is 35.5. The minimum Gasteiger partial charge on any atom is -0.380 e. The quantitative estimate of drug-likeness (QED) is 0.226. The zero-order chi connectivity index (χ0) is 28.2. The van der Waals surface area contributed by atoms with Crippen LogP contribution in [0.15, 0.2) is 53.6 Å². The van der Waals surface area contributed by atoms with Gasteiger partial charge in [-0.2, -0.15) is 13.2 Å². The number of rotatable bonds is 8. The predicted molar refractivity (Wildman–Crippen MR) is 150 cm³/mol. The number of alkyl halides is 3. The highest BCUT2D eigenvalue weighted by Gasteiger charge is 2.34. The molecule has 1 saturated carbocycles. The van der Waals surface area contributed by atoms with Crippen LogP contribution in [-0.4, -0.2) is 28.8 Å².